The van der Waals surface area contributed by atoms with Gasteiger partial charge in [-0.25, -0.2) is 0 Å². The fourth-order valence-corrected chi connectivity index (χ4v) is 3.09. The van der Waals surface area contributed by atoms with Crippen molar-refractivity contribution in [1.29, 1.82) is 0 Å². The highest BCUT2D eigenvalue weighted by Crippen LogP contribution is 2.29. The van der Waals surface area contributed by atoms with Gasteiger partial charge in [0, 0.05) is 15.5 Å². The van der Waals surface area contributed by atoms with Gasteiger partial charge in [0.05, 0.1) is 0 Å². The molecular formula is C16H25Br2N. The van der Waals surface area contributed by atoms with Crippen molar-refractivity contribution >= 4 is 31.9 Å². The van der Waals surface area contributed by atoms with Gasteiger partial charge < -0.3 is 5.32 Å². The fraction of sp³-hybridized carbons (Fsp3) is 0.625. The van der Waals surface area contributed by atoms with Crippen LogP contribution in [0.1, 0.15) is 44.7 Å². The van der Waals surface area contributed by atoms with E-state index in [0.717, 1.165) is 19.5 Å². The van der Waals surface area contributed by atoms with Crippen molar-refractivity contribution in [1.82, 2.24) is 5.32 Å². The molecule has 0 aliphatic rings. The van der Waals surface area contributed by atoms with Crippen LogP contribution in [0.2, 0.25) is 0 Å². The van der Waals surface area contributed by atoms with Crippen molar-refractivity contribution in [3.8, 4) is 0 Å². The van der Waals surface area contributed by atoms with Crippen molar-refractivity contribution in [2.45, 2.75) is 47.0 Å². The highest BCUT2D eigenvalue weighted by atomic mass is 79.9. The lowest BCUT2D eigenvalue weighted by atomic mass is 9.86. The van der Waals surface area contributed by atoms with Crippen LogP contribution < -0.4 is 5.32 Å². The van der Waals surface area contributed by atoms with Gasteiger partial charge in [0.1, 0.15) is 0 Å². The van der Waals surface area contributed by atoms with Gasteiger partial charge in [0.2, 0.25) is 0 Å². The lowest BCUT2D eigenvalue weighted by molar-refractivity contribution is 0.315. The molecule has 0 unspecified atom stereocenters. The molecule has 108 valence electrons. The molecule has 0 saturated heterocycles. The van der Waals surface area contributed by atoms with Gasteiger partial charge in [0.15, 0.2) is 0 Å². The first kappa shape index (κ1) is 17.2. The Balaban J connectivity index is 2.58. The predicted octanol–water partition coefficient (Wildman–Crippen LogP) is 5.48. The molecule has 1 rings (SSSR count). The van der Waals surface area contributed by atoms with E-state index in [1.54, 1.807) is 0 Å². The number of hydrogen-bond acceptors (Lipinski definition) is 1. The van der Waals surface area contributed by atoms with Crippen LogP contribution in [-0.4, -0.2) is 13.1 Å². The van der Waals surface area contributed by atoms with Gasteiger partial charge in [-0.3, -0.25) is 0 Å². The highest BCUT2D eigenvalue weighted by Gasteiger charge is 2.18. The van der Waals surface area contributed by atoms with E-state index >= 15 is 0 Å². The number of rotatable bonds is 7. The molecule has 0 saturated carbocycles. The van der Waals surface area contributed by atoms with E-state index in [9.17, 15) is 0 Å². The third-order valence-electron chi connectivity index (χ3n) is 3.43. The van der Waals surface area contributed by atoms with E-state index in [4.69, 9.17) is 0 Å². The molecule has 0 atom stereocenters. The summed E-state index contributed by atoms with van der Waals surface area (Å²) in [6.07, 6.45) is 3.50. The van der Waals surface area contributed by atoms with E-state index in [-0.39, 0.29) is 0 Å². The van der Waals surface area contributed by atoms with Crippen LogP contribution >= 0.6 is 31.9 Å². The number of hydrogen-bond donors (Lipinski definition) is 1. The molecule has 0 aromatic heterocycles. The highest BCUT2D eigenvalue weighted by molar-refractivity contribution is 9.11. The lowest BCUT2D eigenvalue weighted by Crippen LogP contribution is -2.30. The Kier molecular flexibility index (Phi) is 7.06. The fourth-order valence-electron chi connectivity index (χ4n) is 2.04. The maximum Gasteiger partial charge on any atom is 0.0210 e. The Morgan fingerprint density at radius 1 is 1.16 bits per heavy atom. The summed E-state index contributed by atoms with van der Waals surface area (Å²) < 4.78 is 2.43. The maximum atomic E-state index is 3.68. The Labute approximate surface area is 134 Å². The number of halogens is 2. The topological polar surface area (TPSA) is 12.0 Å². The standard InChI is InChI=1S/C16H25Br2N/c1-5-8-19-11-16(3,4)7-6-13-10-14(17)12(2)9-15(13)18/h9-10,19H,5-8,11H2,1-4H3. The third-order valence-corrected chi connectivity index (χ3v) is 5.02. The maximum absolute atomic E-state index is 3.68. The summed E-state index contributed by atoms with van der Waals surface area (Å²) in [5.41, 5.74) is 3.01. The average Bonchev–Trinajstić information content (AvgIpc) is 2.32. The summed E-state index contributed by atoms with van der Waals surface area (Å²) in [5, 5.41) is 3.53. The molecule has 0 spiro atoms. The number of aryl methyl sites for hydroxylation is 2. The second kappa shape index (κ2) is 7.80. The average molecular weight is 391 g/mol. The first-order valence-electron chi connectivity index (χ1n) is 7.01. The molecular weight excluding hydrogens is 366 g/mol. The van der Waals surface area contributed by atoms with E-state index in [1.165, 1.54) is 32.9 Å². The monoisotopic (exact) mass is 389 g/mol. The molecule has 0 heterocycles. The molecule has 1 nitrogen and oxygen atoms in total. The molecule has 0 fully saturated rings. The second-order valence-electron chi connectivity index (χ2n) is 6.03. The third kappa shape index (κ3) is 5.97. The van der Waals surface area contributed by atoms with Gasteiger partial charge >= 0.3 is 0 Å². The second-order valence-corrected chi connectivity index (χ2v) is 7.74. The van der Waals surface area contributed by atoms with Gasteiger partial charge in [-0.05, 0) is 61.4 Å². The van der Waals surface area contributed by atoms with E-state index in [1.807, 2.05) is 0 Å². The zero-order valence-corrected chi connectivity index (χ0v) is 15.6. The van der Waals surface area contributed by atoms with Crippen molar-refractivity contribution in [3.05, 3.63) is 32.2 Å². The van der Waals surface area contributed by atoms with Crippen molar-refractivity contribution in [2.24, 2.45) is 5.41 Å². The first-order chi connectivity index (χ1) is 8.85. The zero-order valence-electron chi connectivity index (χ0n) is 12.4. The molecule has 0 radical (unpaired) electrons. The van der Waals surface area contributed by atoms with Crippen LogP contribution in [0.3, 0.4) is 0 Å². The summed E-state index contributed by atoms with van der Waals surface area (Å²) in [6, 6.07) is 4.44. The summed E-state index contributed by atoms with van der Waals surface area (Å²) in [7, 11) is 0. The van der Waals surface area contributed by atoms with E-state index in [2.05, 4.69) is 77.0 Å². The van der Waals surface area contributed by atoms with Crippen LogP contribution in [0.15, 0.2) is 21.1 Å². The number of benzene rings is 1. The van der Waals surface area contributed by atoms with Gasteiger partial charge in [-0.1, -0.05) is 52.6 Å². The van der Waals surface area contributed by atoms with Crippen molar-refractivity contribution in [2.75, 3.05) is 13.1 Å². The van der Waals surface area contributed by atoms with Crippen LogP contribution in [-0.2, 0) is 6.42 Å². The van der Waals surface area contributed by atoms with Crippen LogP contribution in [0, 0.1) is 12.3 Å². The Bertz CT molecular complexity index is 413. The van der Waals surface area contributed by atoms with Crippen molar-refractivity contribution < 1.29 is 0 Å². The van der Waals surface area contributed by atoms with Gasteiger partial charge in [-0.2, -0.15) is 0 Å². The first-order valence-corrected chi connectivity index (χ1v) is 8.59. The zero-order chi connectivity index (χ0) is 14.5. The summed E-state index contributed by atoms with van der Waals surface area (Å²) in [6.45, 7) is 11.2. The van der Waals surface area contributed by atoms with Gasteiger partial charge in [-0.15, -0.1) is 0 Å². The normalized spacial score (nSPS) is 11.9. The van der Waals surface area contributed by atoms with Crippen LogP contribution in [0.5, 0.6) is 0 Å². The SMILES string of the molecule is CCCNCC(C)(C)CCc1cc(Br)c(C)cc1Br. The van der Waals surface area contributed by atoms with Crippen LogP contribution in [0.4, 0.5) is 0 Å². The van der Waals surface area contributed by atoms with E-state index in [0.29, 0.717) is 5.41 Å². The van der Waals surface area contributed by atoms with Gasteiger partial charge in [0.25, 0.3) is 0 Å². The summed E-state index contributed by atoms with van der Waals surface area (Å²) >= 11 is 7.30. The van der Waals surface area contributed by atoms with Crippen LogP contribution in [0.25, 0.3) is 0 Å². The molecule has 0 aliphatic carbocycles. The quantitative estimate of drug-likeness (QED) is 0.608. The molecule has 3 heteroatoms. The van der Waals surface area contributed by atoms with E-state index < -0.39 is 0 Å². The molecule has 0 aliphatic heterocycles. The molecule has 1 aromatic carbocycles. The Hall–Kier alpha value is 0.140. The largest absolute Gasteiger partial charge is 0.316 e. The lowest BCUT2D eigenvalue weighted by Gasteiger charge is -2.25. The predicted molar refractivity (Wildman–Crippen MR) is 91.8 cm³/mol. The summed E-state index contributed by atoms with van der Waals surface area (Å²) in [4.78, 5) is 0. The Morgan fingerprint density at radius 3 is 2.47 bits per heavy atom. The summed E-state index contributed by atoms with van der Waals surface area (Å²) in [5.74, 6) is 0. The molecule has 0 bridgehead atoms. The molecule has 1 N–H and O–H groups in total. The minimum absolute atomic E-state index is 0.339. The minimum Gasteiger partial charge on any atom is -0.316 e. The smallest absolute Gasteiger partial charge is 0.0210 e. The van der Waals surface area contributed by atoms with Crippen molar-refractivity contribution in [3.63, 3.8) is 0 Å². The molecule has 19 heavy (non-hydrogen) atoms. The minimum atomic E-state index is 0.339. The Morgan fingerprint density at radius 2 is 1.84 bits per heavy atom. The number of nitrogens with one attached hydrogen (secondary N) is 1. The molecule has 0 amide bonds. The molecule has 1 aromatic rings.